The number of benzene rings is 2. The number of nitrogens with one attached hydrogen (secondary N) is 1. The SMILES string of the molecule is Cc1nn2c(C(C)(C)C)c(C(=O)N[C@H]3CCOc4ccccc43)ccc2c1-c1c(F)cccc1F. The highest BCUT2D eigenvalue weighted by Gasteiger charge is 2.30. The van der Waals surface area contributed by atoms with Crippen molar-refractivity contribution in [3.05, 3.63) is 88.7 Å². The average molecular weight is 476 g/mol. The minimum atomic E-state index is -0.652. The number of aromatic nitrogens is 2. The highest BCUT2D eigenvalue weighted by atomic mass is 19.1. The van der Waals surface area contributed by atoms with Crippen molar-refractivity contribution in [2.24, 2.45) is 0 Å². The van der Waals surface area contributed by atoms with Gasteiger partial charge in [-0.05, 0) is 37.3 Å². The van der Waals surface area contributed by atoms with Gasteiger partial charge in [-0.2, -0.15) is 5.10 Å². The molecule has 0 bridgehead atoms. The smallest absolute Gasteiger partial charge is 0.253 e. The van der Waals surface area contributed by atoms with Gasteiger partial charge in [-0.1, -0.05) is 45.0 Å². The summed E-state index contributed by atoms with van der Waals surface area (Å²) in [5, 5.41) is 7.81. The molecule has 1 aliphatic rings. The second-order valence-electron chi connectivity index (χ2n) is 9.90. The first-order valence-electron chi connectivity index (χ1n) is 11.7. The Bertz CT molecular complexity index is 1430. The highest BCUT2D eigenvalue weighted by molar-refractivity contribution is 5.97. The van der Waals surface area contributed by atoms with Gasteiger partial charge in [-0.15, -0.1) is 0 Å². The molecule has 1 N–H and O–H groups in total. The Morgan fingerprint density at radius 3 is 2.46 bits per heavy atom. The van der Waals surface area contributed by atoms with Gasteiger partial charge >= 0.3 is 0 Å². The third-order valence-corrected chi connectivity index (χ3v) is 6.40. The van der Waals surface area contributed by atoms with Crippen LogP contribution in [0.4, 0.5) is 8.78 Å². The van der Waals surface area contributed by atoms with Gasteiger partial charge in [0.2, 0.25) is 0 Å². The van der Waals surface area contributed by atoms with E-state index in [4.69, 9.17) is 4.74 Å². The summed E-state index contributed by atoms with van der Waals surface area (Å²) in [4.78, 5) is 13.6. The van der Waals surface area contributed by atoms with E-state index in [2.05, 4.69) is 10.4 Å². The molecular weight excluding hydrogens is 448 g/mol. The van der Waals surface area contributed by atoms with Crippen molar-refractivity contribution in [3.63, 3.8) is 0 Å². The number of amides is 1. The van der Waals surface area contributed by atoms with Crippen molar-refractivity contribution in [1.29, 1.82) is 0 Å². The van der Waals surface area contributed by atoms with E-state index in [1.54, 1.807) is 23.6 Å². The van der Waals surface area contributed by atoms with E-state index >= 15 is 0 Å². The van der Waals surface area contributed by atoms with Crippen LogP contribution in [0.2, 0.25) is 0 Å². The number of para-hydroxylation sites is 1. The maximum Gasteiger partial charge on any atom is 0.253 e. The van der Waals surface area contributed by atoms with Crippen LogP contribution in [0.5, 0.6) is 5.75 Å². The Balaban J connectivity index is 1.63. The van der Waals surface area contributed by atoms with E-state index < -0.39 is 17.0 Å². The Morgan fingerprint density at radius 2 is 1.74 bits per heavy atom. The highest BCUT2D eigenvalue weighted by Crippen LogP contribution is 2.37. The van der Waals surface area contributed by atoms with Gasteiger partial charge in [0.15, 0.2) is 0 Å². The number of hydrogen-bond acceptors (Lipinski definition) is 3. The lowest BCUT2D eigenvalue weighted by atomic mass is 9.87. The molecule has 0 unspecified atom stereocenters. The molecule has 2 aromatic heterocycles. The van der Waals surface area contributed by atoms with Gasteiger partial charge in [0.25, 0.3) is 5.91 Å². The van der Waals surface area contributed by atoms with Crippen LogP contribution in [-0.4, -0.2) is 22.1 Å². The van der Waals surface area contributed by atoms with Crippen LogP contribution < -0.4 is 10.1 Å². The van der Waals surface area contributed by atoms with Crippen molar-refractivity contribution in [1.82, 2.24) is 14.9 Å². The standard InChI is InChI=1S/C28H27F2N3O2/c1-16-24(25-19(29)9-7-10-20(25)30)22-13-12-18(26(28(2,3)4)33(22)32-16)27(34)31-21-14-15-35-23-11-6-5-8-17(21)23/h5-13,21H,14-15H2,1-4H3,(H,31,34)/t21-/m0/s1. The summed E-state index contributed by atoms with van der Waals surface area (Å²) < 4.78 is 36.8. The van der Waals surface area contributed by atoms with Crippen molar-refractivity contribution in [2.45, 2.75) is 45.6 Å². The van der Waals surface area contributed by atoms with Gasteiger partial charge < -0.3 is 10.1 Å². The molecule has 0 fully saturated rings. The summed E-state index contributed by atoms with van der Waals surface area (Å²) in [6.07, 6.45) is 0.660. The molecule has 180 valence electrons. The second-order valence-corrected chi connectivity index (χ2v) is 9.90. The van der Waals surface area contributed by atoms with Gasteiger partial charge in [0, 0.05) is 23.0 Å². The van der Waals surface area contributed by atoms with Gasteiger partial charge in [-0.3, -0.25) is 4.79 Å². The first-order chi connectivity index (χ1) is 16.7. The molecule has 0 saturated heterocycles. The number of ether oxygens (including phenoxy) is 1. The van der Waals surface area contributed by atoms with E-state index in [1.807, 2.05) is 45.0 Å². The minimum absolute atomic E-state index is 0.115. The lowest BCUT2D eigenvalue weighted by Gasteiger charge is -2.28. The summed E-state index contributed by atoms with van der Waals surface area (Å²) in [5.41, 5.74) is 2.89. The zero-order valence-electron chi connectivity index (χ0n) is 20.2. The third kappa shape index (κ3) is 3.95. The van der Waals surface area contributed by atoms with Gasteiger partial charge in [0.1, 0.15) is 17.4 Å². The number of nitrogens with zero attached hydrogens (tertiary/aromatic N) is 2. The fraction of sp³-hybridized carbons (Fsp3) is 0.286. The monoisotopic (exact) mass is 475 g/mol. The maximum absolute atomic E-state index is 14.7. The molecule has 1 aliphatic heterocycles. The van der Waals surface area contributed by atoms with E-state index in [0.29, 0.717) is 41.1 Å². The van der Waals surface area contributed by atoms with Crippen LogP contribution in [-0.2, 0) is 5.41 Å². The number of hydrogen-bond donors (Lipinski definition) is 1. The van der Waals surface area contributed by atoms with Crippen molar-refractivity contribution >= 4 is 11.4 Å². The lowest BCUT2D eigenvalue weighted by molar-refractivity contribution is 0.0921. The summed E-state index contributed by atoms with van der Waals surface area (Å²) >= 11 is 0. The molecule has 0 saturated carbocycles. The average Bonchev–Trinajstić information content (AvgIpc) is 3.13. The first kappa shape index (κ1) is 23.0. The number of fused-ring (bicyclic) bond motifs is 2. The molecule has 7 heteroatoms. The summed E-state index contributed by atoms with van der Waals surface area (Å²) in [7, 11) is 0. The van der Waals surface area contributed by atoms with Crippen molar-refractivity contribution in [2.75, 3.05) is 6.61 Å². The van der Waals surface area contributed by atoms with Crippen LogP contribution in [0.3, 0.4) is 0 Å². The minimum Gasteiger partial charge on any atom is -0.493 e. The molecule has 35 heavy (non-hydrogen) atoms. The first-order valence-corrected chi connectivity index (χ1v) is 11.7. The molecule has 0 radical (unpaired) electrons. The molecule has 0 aliphatic carbocycles. The Labute approximate surface area is 202 Å². The quantitative estimate of drug-likeness (QED) is 0.387. The predicted molar refractivity (Wildman–Crippen MR) is 131 cm³/mol. The molecule has 5 rings (SSSR count). The van der Waals surface area contributed by atoms with E-state index in [9.17, 15) is 13.6 Å². The molecular formula is C28H27F2N3O2. The van der Waals surface area contributed by atoms with Gasteiger partial charge in [0.05, 0.1) is 40.7 Å². The number of carbonyl (C=O) groups excluding carboxylic acids is 1. The molecule has 4 aromatic rings. The maximum atomic E-state index is 14.7. The van der Waals surface area contributed by atoms with Crippen LogP contribution >= 0.6 is 0 Å². The fourth-order valence-corrected chi connectivity index (χ4v) is 4.90. The summed E-state index contributed by atoms with van der Waals surface area (Å²) in [5.74, 6) is -0.763. The normalized spacial score (nSPS) is 15.5. The Morgan fingerprint density at radius 1 is 1.03 bits per heavy atom. The topological polar surface area (TPSA) is 55.6 Å². The second kappa shape index (κ2) is 8.48. The fourth-order valence-electron chi connectivity index (χ4n) is 4.90. The Kier molecular flexibility index (Phi) is 5.58. The lowest BCUT2D eigenvalue weighted by Crippen LogP contribution is -2.34. The largest absolute Gasteiger partial charge is 0.493 e. The van der Waals surface area contributed by atoms with Crippen LogP contribution in [0.15, 0.2) is 54.6 Å². The molecule has 1 amide bonds. The van der Waals surface area contributed by atoms with Crippen molar-refractivity contribution < 1.29 is 18.3 Å². The molecule has 1 atom stereocenters. The van der Waals surface area contributed by atoms with Crippen molar-refractivity contribution in [3.8, 4) is 16.9 Å². The van der Waals surface area contributed by atoms with Crippen LogP contribution in [0.1, 0.15) is 60.5 Å². The number of rotatable bonds is 3. The number of carbonyl (C=O) groups is 1. The molecule has 2 aromatic carbocycles. The van der Waals surface area contributed by atoms with Crippen LogP contribution in [0.25, 0.3) is 16.6 Å². The zero-order chi connectivity index (χ0) is 24.9. The summed E-state index contributed by atoms with van der Waals surface area (Å²) in [6.45, 7) is 8.20. The van der Waals surface area contributed by atoms with Crippen LogP contribution in [0, 0.1) is 18.6 Å². The molecule has 5 nitrogen and oxygen atoms in total. The van der Waals surface area contributed by atoms with E-state index in [1.165, 1.54) is 18.2 Å². The Hall–Kier alpha value is -3.74. The van der Waals surface area contributed by atoms with Gasteiger partial charge in [-0.25, -0.2) is 13.3 Å². The van der Waals surface area contributed by atoms with E-state index in [0.717, 1.165) is 11.3 Å². The zero-order valence-corrected chi connectivity index (χ0v) is 20.2. The predicted octanol–water partition coefficient (Wildman–Crippen LogP) is 6.14. The van der Waals surface area contributed by atoms with E-state index in [-0.39, 0.29) is 17.5 Å². The number of pyridine rings is 1. The summed E-state index contributed by atoms with van der Waals surface area (Å²) in [6, 6.07) is 14.8. The molecule has 0 spiro atoms. The number of aryl methyl sites for hydroxylation is 1. The molecule has 3 heterocycles. The third-order valence-electron chi connectivity index (χ3n) is 6.40. The number of halogens is 2.